The summed E-state index contributed by atoms with van der Waals surface area (Å²) in [7, 11) is 0. The van der Waals surface area contributed by atoms with Gasteiger partial charge in [-0.25, -0.2) is 4.79 Å². The highest BCUT2D eigenvalue weighted by Gasteiger charge is 2.56. The van der Waals surface area contributed by atoms with Gasteiger partial charge in [0.2, 0.25) is 0 Å². The van der Waals surface area contributed by atoms with E-state index in [0.717, 1.165) is 32.1 Å². The molecule has 0 aromatic heterocycles. The van der Waals surface area contributed by atoms with Crippen LogP contribution in [-0.2, 0) is 11.2 Å². The molecule has 2 N–H and O–H groups in total. The Morgan fingerprint density at radius 2 is 2.12 bits per heavy atom. The molecule has 1 saturated carbocycles. The number of hydrogen-bond donors (Lipinski definition) is 2. The number of fused-ring (bicyclic) bond motifs is 1. The quantitative estimate of drug-likeness (QED) is 0.886. The lowest BCUT2D eigenvalue weighted by Gasteiger charge is -2.56. The molecule has 2 fully saturated rings. The molecule has 0 radical (unpaired) electrons. The number of aliphatic hydroxyl groups excluding tert-OH is 1. The number of urea groups is 1. The number of carbonyl (C=O) groups is 1. The number of likely N-dealkylation sites (tertiary alicyclic amines) is 1. The van der Waals surface area contributed by atoms with E-state index in [1.54, 1.807) is 0 Å². The zero-order valence-corrected chi connectivity index (χ0v) is 14.9. The van der Waals surface area contributed by atoms with Gasteiger partial charge < -0.3 is 20.1 Å². The summed E-state index contributed by atoms with van der Waals surface area (Å²) >= 11 is 0. The monoisotopic (exact) mass is 344 g/mol. The Labute approximate surface area is 149 Å². The molecule has 1 saturated heterocycles. The zero-order chi connectivity index (χ0) is 17.4. The van der Waals surface area contributed by atoms with Crippen molar-refractivity contribution in [1.29, 1.82) is 0 Å². The first-order valence-electron chi connectivity index (χ1n) is 9.57. The van der Waals surface area contributed by atoms with Crippen LogP contribution >= 0.6 is 0 Å². The van der Waals surface area contributed by atoms with E-state index in [9.17, 15) is 9.90 Å². The lowest BCUT2D eigenvalue weighted by molar-refractivity contribution is -0.207. The van der Waals surface area contributed by atoms with Crippen LogP contribution in [0.4, 0.5) is 4.79 Å². The molecule has 1 aromatic rings. The standard InChI is InChI=1S/C20H28N2O3/c1-2-25-18-13-17(23)20(18)9-11-22(12-10-20)19(24)21-16-8-7-14-5-3-4-6-15(14)16/h3-6,16-18,23H,2,7-13H2,1H3,(H,21,24)/t16-,17+,18+/m0/s1. The first kappa shape index (κ1) is 16.9. The number of nitrogens with zero attached hydrogens (tertiary/aromatic N) is 1. The van der Waals surface area contributed by atoms with E-state index >= 15 is 0 Å². The van der Waals surface area contributed by atoms with Gasteiger partial charge in [-0.05, 0) is 43.7 Å². The average Bonchev–Trinajstić information content (AvgIpc) is 3.05. The van der Waals surface area contributed by atoms with Gasteiger partial charge in [0.1, 0.15) is 0 Å². The van der Waals surface area contributed by atoms with Gasteiger partial charge in [-0.2, -0.15) is 0 Å². The van der Waals surface area contributed by atoms with Crippen LogP contribution < -0.4 is 5.32 Å². The number of hydrogen-bond acceptors (Lipinski definition) is 3. The highest BCUT2D eigenvalue weighted by atomic mass is 16.5. The van der Waals surface area contributed by atoms with Crippen molar-refractivity contribution < 1.29 is 14.6 Å². The molecule has 4 rings (SSSR count). The van der Waals surface area contributed by atoms with Crippen molar-refractivity contribution in [3.05, 3.63) is 35.4 Å². The fourth-order valence-electron chi connectivity index (χ4n) is 4.89. The van der Waals surface area contributed by atoms with Crippen molar-refractivity contribution in [2.24, 2.45) is 5.41 Å². The van der Waals surface area contributed by atoms with E-state index in [1.165, 1.54) is 11.1 Å². The van der Waals surface area contributed by atoms with Gasteiger partial charge in [-0.1, -0.05) is 24.3 Å². The minimum absolute atomic E-state index is 0.0262. The summed E-state index contributed by atoms with van der Waals surface area (Å²) in [5.41, 5.74) is 2.48. The van der Waals surface area contributed by atoms with Gasteiger partial charge in [-0.15, -0.1) is 0 Å². The van der Waals surface area contributed by atoms with Crippen LogP contribution in [-0.4, -0.2) is 47.9 Å². The molecule has 25 heavy (non-hydrogen) atoms. The normalized spacial score (nSPS) is 30.0. The van der Waals surface area contributed by atoms with E-state index < -0.39 is 0 Å². The van der Waals surface area contributed by atoms with E-state index in [0.29, 0.717) is 19.7 Å². The molecule has 3 aliphatic rings. The molecular formula is C20H28N2O3. The SMILES string of the molecule is CCO[C@@H]1C[C@@H](O)C12CCN(C(=O)N[C@H]1CCc3ccccc31)CC2. The maximum atomic E-state index is 12.7. The van der Waals surface area contributed by atoms with Crippen LogP contribution in [0.25, 0.3) is 0 Å². The van der Waals surface area contributed by atoms with Crippen LogP contribution in [0.3, 0.4) is 0 Å². The Kier molecular flexibility index (Phi) is 4.46. The first-order valence-corrected chi connectivity index (χ1v) is 9.57. The van der Waals surface area contributed by atoms with Crippen LogP contribution in [0.2, 0.25) is 0 Å². The van der Waals surface area contributed by atoms with Crippen LogP contribution in [0.15, 0.2) is 24.3 Å². The molecule has 5 heteroatoms. The predicted molar refractivity (Wildman–Crippen MR) is 95.3 cm³/mol. The third-order valence-corrected chi connectivity index (χ3v) is 6.52. The minimum Gasteiger partial charge on any atom is -0.392 e. The van der Waals surface area contributed by atoms with Crippen LogP contribution in [0.5, 0.6) is 0 Å². The number of rotatable bonds is 3. The van der Waals surface area contributed by atoms with Gasteiger partial charge in [0.25, 0.3) is 0 Å². The maximum absolute atomic E-state index is 12.7. The number of amides is 2. The molecule has 1 aliphatic heterocycles. The zero-order valence-electron chi connectivity index (χ0n) is 14.9. The van der Waals surface area contributed by atoms with Gasteiger partial charge in [0.15, 0.2) is 0 Å². The second-order valence-electron chi connectivity index (χ2n) is 7.66. The van der Waals surface area contributed by atoms with Crippen molar-refractivity contribution in [3.63, 3.8) is 0 Å². The third-order valence-electron chi connectivity index (χ3n) is 6.52. The second kappa shape index (κ2) is 6.61. The molecule has 1 aromatic carbocycles. The highest BCUT2D eigenvalue weighted by molar-refractivity contribution is 5.75. The molecule has 2 amide bonds. The number of nitrogens with one attached hydrogen (secondary N) is 1. The average molecular weight is 344 g/mol. The van der Waals surface area contributed by atoms with Crippen molar-refractivity contribution in [2.75, 3.05) is 19.7 Å². The first-order chi connectivity index (χ1) is 12.1. The second-order valence-corrected chi connectivity index (χ2v) is 7.66. The summed E-state index contributed by atoms with van der Waals surface area (Å²) in [6.07, 6.45) is 4.27. The molecule has 136 valence electrons. The van der Waals surface area contributed by atoms with Gasteiger partial charge in [0.05, 0.1) is 18.2 Å². The summed E-state index contributed by atoms with van der Waals surface area (Å²) in [5.74, 6) is 0. The fraction of sp³-hybridized carbons (Fsp3) is 0.650. The van der Waals surface area contributed by atoms with Crippen LogP contribution in [0.1, 0.15) is 49.8 Å². The van der Waals surface area contributed by atoms with E-state index in [-0.39, 0.29) is 29.7 Å². The topological polar surface area (TPSA) is 61.8 Å². The highest BCUT2D eigenvalue weighted by Crippen LogP contribution is 2.51. The minimum atomic E-state index is -0.282. The Balaban J connectivity index is 1.35. The van der Waals surface area contributed by atoms with E-state index in [1.807, 2.05) is 17.9 Å². The lowest BCUT2D eigenvalue weighted by atomic mass is 9.58. The van der Waals surface area contributed by atoms with Crippen molar-refractivity contribution in [1.82, 2.24) is 10.2 Å². The summed E-state index contributed by atoms with van der Waals surface area (Å²) in [5, 5.41) is 13.5. The van der Waals surface area contributed by atoms with Crippen LogP contribution in [0, 0.1) is 5.41 Å². The summed E-state index contributed by atoms with van der Waals surface area (Å²) < 4.78 is 5.80. The fourth-order valence-corrected chi connectivity index (χ4v) is 4.89. The smallest absolute Gasteiger partial charge is 0.317 e. The Morgan fingerprint density at radius 1 is 1.36 bits per heavy atom. The Bertz CT molecular complexity index is 638. The maximum Gasteiger partial charge on any atom is 0.317 e. The van der Waals surface area contributed by atoms with E-state index in [4.69, 9.17) is 4.74 Å². The van der Waals surface area contributed by atoms with Crippen molar-refractivity contribution >= 4 is 6.03 Å². The molecule has 1 heterocycles. The number of ether oxygens (including phenoxy) is 1. The third kappa shape index (κ3) is 2.83. The van der Waals surface area contributed by atoms with Gasteiger partial charge in [0, 0.05) is 31.5 Å². The Morgan fingerprint density at radius 3 is 2.84 bits per heavy atom. The number of carbonyl (C=O) groups excluding carboxylic acids is 1. The van der Waals surface area contributed by atoms with Crippen molar-refractivity contribution in [2.45, 2.75) is 57.3 Å². The summed E-state index contributed by atoms with van der Waals surface area (Å²) in [6, 6.07) is 8.53. The molecule has 2 aliphatic carbocycles. The number of aliphatic hydroxyl groups is 1. The van der Waals surface area contributed by atoms with Gasteiger partial charge in [-0.3, -0.25) is 0 Å². The summed E-state index contributed by atoms with van der Waals surface area (Å²) in [4.78, 5) is 14.6. The molecule has 1 spiro atoms. The molecular weight excluding hydrogens is 316 g/mol. The van der Waals surface area contributed by atoms with E-state index in [2.05, 4.69) is 23.5 Å². The largest absolute Gasteiger partial charge is 0.392 e. The predicted octanol–water partition coefficient (Wildman–Crippen LogP) is 2.64. The Hall–Kier alpha value is -1.59. The number of benzene rings is 1. The van der Waals surface area contributed by atoms with Gasteiger partial charge >= 0.3 is 6.03 Å². The number of aryl methyl sites for hydroxylation is 1. The molecule has 3 atom stereocenters. The molecule has 0 bridgehead atoms. The molecule has 0 unspecified atom stereocenters. The molecule has 5 nitrogen and oxygen atoms in total. The lowest BCUT2D eigenvalue weighted by Crippen LogP contribution is -2.63. The summed E-state index contributed by atoms with van der Waals surface area (Å²) in [6.45, 7) is 4.08. The number of piperidine rings is 1. The van der Waals surface area contributed by atoms with Crippen molar-refractivity contribution in [3.8, 4) is 0 Å².